The Kier molecular flexibility index (Phi) is 5.89. The minimum absolute atomic E-state index is 0.121. The van der Waals surface area contributed by atoms with E-state index in [1.807, 2.05) is 20.8 Å². The monoisotopic (exact) mass is 447 g/mol. The third-order valence-electron chi connectivity index (χ3n) is 3.47. The number of nitrogens with one attached hydrogen (secondary N) is 1. The van der Waals surface area contributed by atoms with Gasteiger partial charge in [0.1, 0.15) is 11.2 Å². The van der Waals surface area contributed by atoms with Gasteiger partial charge in [-0.15, -0.1) is 0 Å². The number of alkyl carbamates (subject to hydrolysis) is 1. The number of carbonyl (C=O) groups is 2. The van der Waals surface area contributed by atoms with E-state index in [2.05, 4.69) is 32.9 Å². The molecule has 0 saturated carbocycles. The summed E-state index contributed by atoms with van der Waals surface area (Å²) in [5, 5.41) is 2.81. The van der Waals surface area contributed by atoms with Crippen molar-refractivity contribution in [3.05, 3.63) is 21.4 Å². The lowest BCUT2D eigenvalue weighted by Gasteiger charge is -2.22. The molecule has 1 aromatic rings. The van der Waals surface area contributed by atoms with Crippen molar-refractivity contribution < 1.29 is 19.1 Å². The third-order valence-corrected chi connectivity index (χ3v) is 4.37. The van der Waals surface area contributed by atoms with Gasteiger partial charge in [-0.25, -0.2) is 9.78 Å². The van der Waals surface area contributed by atoms with Crippen molar-refractivity contribution in [1.82, 2.24) is 15.2 Å². The molecule has 0 spiro atoms. The van der Waals surface area contributed by atoms with E-state index in [1.165, 1.54) is 7.11 Å². The molecular weight excluding hydrogens is 425 g/mol. The number of carbonyl (C=O) groups excluding carboxylic acids is 2. The van der Waals surface area contributed by atoms with Crippen LogP contribution in [0.2, 0.25) is 0 Å². The minimum Gasteiger partial charge on any atom is -0.480 e. The molecule has 2 heterocycles. The van der Waals surface area contributed by atoms with Crippen LogP contribution < -0.4 is 10.1 Å². The second kappa shape index (κ2) is 7.54. The van der Waals surface area contributed by atoms with Crippen LogP contribution in [0.3, 0.4) is 0 Å². The molecule has 1 atom stereocenters. The molecule has 1 N–H and O–H groups in total. The SMILES string of the molecule is COc1nccc(I)c1C(=O)N1CC[C@@H](NC(=O)OC(C)(C)C)C1. The van der Waals surface area contributed by atoms with Gasteiger partial charge in [-0.1, -0.05) is 0 Å². The molecule has 1 aliphatic rings. The van der Waals surface area contributed by atoms with Gasteiger partial charge in [0.25, 0.3) is 5.91 Å². The topological polar surface area (TPSA) is 80.8 Å². The van der Waals surface area contributed by atoms with Crippen molar-refractivity contribution in [3.63, 3.8) is 0 Å². The molecule has 0 bridgehead atoms. The molecule has 0 unspecified atom stereocenters. The summed E-state index contributed by atoms with van der Waals surface area (Å²) in [7, 11) is 1.49. The first kappa shape index (κ1) is 18.8. The highest BCUT2D eigenvalue weighted by atomic mass is 127. The fourth-order valence-corrected chi connectivity index (χ4v) is 3.09. The molecule has 1 saturated heterocycles. The average molecular weight is 447 g/mol. The van der Waals surface area contributed by atoms with Crippen LogP contribution in [-0.2, 0) is 4.74 Å². The van der Waals surface area contributed by atoms with Crippen molar-refractivity contribution in [3.8, 4) is 5.88 Å². The Hall–Kier alpha value is -1.58. The number of likely N-dealkylation sites (tertiary alicyclic amines) is 1. The zero-order chi connectivity index (χ0) is 17.9. The zero-order valence-electron chi connectivity index (χ0n) is 14.3. The largest absolute Gasteiger partial charge is 0.480 e. The zero-order valence-corrected chi connectivity index (χ0v) is 16.4. The van der Waals surface area contributed by atoms with E-state index in [1.54, 1.807) is 17.2 Å². The molecule has 1 fully saturated rings. The number of hydrogen-bond acceptors (Lipinski definition) is 5. The van der Waals surface area contributed by atoms with E-state index < -0.39 is 11.7 Å². The van der Waals surface area contributed by atoms with Gasteiger partial charge in [0.05, 0.1) is 13.2 Å². The molecule has 1 aliphatic heterocycles. The summed E-state index contributed by atoms with van der Waals surface area (Å²) in [5.74, 6) is 0.174. The van der Waals surface area contributed by atoms with Crippen LogP contribution in [0.15, 0.2) is 12.3 Å². The molecule has 0 aromatic carbocycles. The average Bonchev–Trinajstić information content (AvgIpc) is 2.92. The van der Waals surface area contributed by atoms with Crippen LogP contribution in [0.25, 0.3) is 0 Å². The number of halogens is 1. The van der Waals surface area contributed by atoms with Gasteiger partial charge in [0.2, 0.25) is 5.88 Å². The van der Waals surface area contributed by atoms with Crippen molar-refractivity contribution in [2.75, 3.05) is 20.2 Å². The standard InChI is InChI=1S/C16H22IN3O4/c1-16(2,3)24-15(22)19-10-6-8-20(9-10)14(21)12-11(17)5-7-18-13(12)23-4/h5,7,10H,6,8-9H2,1-4H3,(H,19,22)/t10-/m1/s1. The summed E-state index contributed by atoms with van der Waals surface area (Å²) < 4.78 is 11.2. The Balaban J connectivity index is 2.01. The lowest BCUT2D eigenvalue weighted by atomic mass is 10.2. The van der Waals surface area contributed by atoms with Crippen LogP contribution in [0.4, 0.5) is 4.79 Å². The maximum atomic E-state index is 12.8. The molecule has 2 rings (SSSR count). The maximum absolute atomic E-state index is 12.8. The summed E-state index contributed by atoms with van der Waals surface area (Å²) in [6.45, 7) is 6.44. The molecule has 24 heavy (non-hydrogen) atoms. The van der Waals surface area contributed by atoms with Crippen molar-refractivity contribution in [1.29, 1.82) is 0 Å². The molecule has 8 heteroatoms. The molecular formula is C16H22IN3O4. The van der Waals surface area contributed by atoms with Crippen LogP contribution in [-0.4, -0.2) is 53.7 Å². The summed E-state index contributed by atoms with van der Waals surface area (Å²) in [6, 6.07) is 1.65. The molecule has 2 amide bonds. The molecule has 7 nitrogen and oxygen atoms in total. The highest BCUT2D eigenvalue weighted by molar-refractivity contribution is 14.1. The highest BCUT2D eigenvalue weighted by Crippen LogP contribution is 2.24. The van der Waals surface area contributed by atoms with Gasteiger partial charge in [0, 0.05) is 22.9 Å². The van der Waals surface area contributed by atoms with E-state index in [9.17, 15) is 9.59 Å². The van der Waals surface area contributed by atoms with Crippen LogP contribution in [0, 0.1) is 3.57 Å². The lowest BCUT2D eigenvalue weighted by Crippen LogP contribution is -2.41. The van der Waals surface area contributed by atoms with Gasteiger partial charge >= 0.3 is 6.09 Å². The number of rotatable bonds is 3. The first-order valence-electron chi connectivity index (χ1n) is 7.68. The quantitative estimate of drug-likeness (QED) is 0.721. The van der Waals surface area contributed by atoms with Gasteiger partial charge in [-0.2, -0.15) is 0 Å². The molecule has 132 valence electrons. The smallest absolute Gasteiger partial charge is 0.407 e. The number of methoxy groups -OCH3 is 1. The van der Waals surface area contributed by atoms with Gasteiger partial charge < -0.3 is 19.7 Å². The van der Waals surface area contributed by atoms with E-state index in [0.29, 0.717) is 31.0 Å². The Morgan fingerprint density at radius 3 is 2.75 bits per heavy atom. The van der Waals surface area contributed by atoms with Crippen molar-refractivity contribution in [2.24, 2.45) is 0 Å². The lowest BCUT2D eigenvalue weighted by molar-refractivity contribution is 0.0502. The number of ether oxygens (including phenoxy) is 2. The van der Waals surface area contributed by atoms with Crippen LogP contribution >= 0.6 is 22.6 Å². The van der Waals surface area contributed by atoms with Crippen LogP contribution in [0.1, 0.15) is 37.6 Å². The van der Waals surface area contributed by atoms with Crippen molar-refractivity contribution in [2.45, 2.75) is 38.8 Å². The Morgan fingerprint density at radius 2 is 2.12 bits per heavy atom. The first-order valence-corrected chi connectivity index (χ1v) is 8.76. The van der Waals surface area contributed by atoms with Gasteiger partial charge in [0.15, 0.2) is 0 Å². The first-order chi connectivity index (χ1) is 11.2. The summed E-state index contributed by atoms with van der Waals surface area (Å²) in [5.41, 5.74) is -0.0873. The highest BCUT2D eigenvalue weighted by Gasteiger charge is 2.31. The predicted octanol–water partition coefficient (Wildman–Crippen LogP) is 2.43. The third kappa shape index (κ3) is 4.71. The minimum atomic E-state index is -0.544. The number of amides is 2. The Morgan fingerprint density at radius 1 is 1.42 bits per heavy atom. The number of aromatic nitrogens is 1. The van der Waals surface area contributed by atoms with E-state index >= 15 is 0 Å². The normalized spacial score (nSPS) is 17.5. The van der Waals surface area contributed by atoms with Crippen LogP contribution in [0.5, 0.6) is 5.88 Å². The van der Waals surface area contributed by atoms with Gasteiger partial charge in [-0.3, -0.25) is 4.79 Å². The Labute approximate surface area is 155 Å². The predicted molar refractivity (Wildman–Crippen MR) is 97.2 cm³/mol. The van der Waals surface area contributed by atoms with Gasteiger partial charge in [-0.05, 0) is 55.8 Å². The molecule has 0 radical (unpaired) electrons. The van der Waals surface area contributed by atoms with E-state index in [4.69, 9.17) is 9.47 Å². The number of pyridine rings is 1. The molecule has 0 aliphatic carbocycles. The molecule has 1 aromatic heterocycles. The van der Waals surface area contributed by atoms with E-state index in [0.717, 1.165) is 3.57 Å². The summed E-state index contributed by atoms with van der Waals surface area (Å²) in [4.78, 5) is 30.4. The fourth-order valence-electron chi connectivity index (χ4n) is 2.46. The summed E-state index contributed by atoms with van der Waals surface area (Å²) >= 11 is 2.09. The fraction of sp³-hybridized carbons (Fsp3) is 0.562. The second-order valence-electron chi connectivity index (χ2n) is 6.56. The van der Waals surface area contributed by atoms with Crippen molar-refractivity contribution >= 4 is 34.6 Å². The summed E-state index contributed by atoms with van der Waals surface area (Å²) in [6.07, 6.45) is 1.83. The number of nitrogens with zero attached hydrogens (tertiary/aromatic N) is 2. The second-order valence-corrected chi connectivity index (χ2v) is 7.72. The maximum Gasteiger partial charge on any atom is 0.407 e. The number of hydrogen-bond donors (Lipinski definition) is 1. The Bertz CT molecular complexity index is 630. The van der Waals surface area contributed by atoms with E-state index in [-0.39, 0.29) is 11.9 Å².